The molecule has 2 rings (SSSR count). The van der Waals surface area contributed by atoms with E-state index in [4.69, 9.17) is 0 Å². The van der Waals surface area contributed by atoms with Crippen molar-refractivity contribution in [3.63, 3.8) is 0 Å². The Bertz CT molecular complexity index is 747. The number of hydrogen-bond acceptors (Lipinski definition) is 3. The first-order valence-corrected chi connectivity index (χ1v) is 11.0. The summed E-state index contributed by atoms with van der Waals surface area (Å²) in [6.07, 6.45) is 2.51. The van der Waals surface area contributed by atoms with Gasteiger partial charge in [-0.25, -0.2) is 8.42 Å². The Labute approximate surface area is 158 Å². The van der Waals surface area contributed by atoms with Crippen molar-refractivity contribution in [3.8, 4) is 0 Å². The second-order valence-corrected chi connectivity index (χ2v) is 8.91. The molecule has 1 saturated carbocycles. The van der Waals surface area contributed by atoms with Crippen molar-refractivity contribution < 1.29 is 26.4 Å². The first kappa shape index (κ1) is 21.7. The molecule has 0 radical (unpaired) electrons. The van der Waals surface area contributed by atoms with Gasteiger partial charge in [-0.3, -0.25) is 9.52 Å². The minimum atomic E-state index is -4.64. The summed E-state index contributed by atoms with van der Waals surface area (Å²) in [6.45, 7) is 2.13. The third-order valence-electron chi connectivity index (χ3n) is 4.86. The van der Waals surface area contributed by atoms with Gasteiger partial charge in [-0.15, -0.1) is 0 Å². The number of rotatable bonds is 10. The minimum absolute atomic E-state index is 0.185. The van der Waals surface area contributed by atoms with E-state index in [9.17, 15) is 26.4 Å². The Morgan fingerprint density at radius 1 is 1.15 bits per heavy atom. The SMILES string of the molecule is CCCCCCCC1CC1C(=O)NS(=O)(=O)Cc1ccccc1C(F)(F)F. The van der Waals surface area contributed by atoms with Crippen LogP contribution in [0, 0.1) is 11.8 Å². The number of sulfonamides is 1. The molecule has 0 heterocycles. The highest BCUT2D eigenvalue weighted by molar-refractivity contribution is 7.89. The van der Waals surface area contributed by atoms with Crippen LogP contribution in [0.2, 0.25) is 0 Å². The lowest BCUT2D eigenvalue weighted by molar-refractivity contribution is -0.138. The standard InChI is InChI=1S/C19H26F3NO3S/c1-2-3-4-5-6-9-14-12-16(14)18(24)23-27(25,26)13-15-10-7-8-11-17(15)19(20,21)22/h7-8,10-11,14,16H,2-6,9,12-13H2,1H3,(H,23,24). The van der Waals surface area contributed by atoms with E-state index in [1.54, 1.807) is 0 Å². The Morgan fingerprint density at radius 3 is 2.48 bits per heavy atom. The number of unbranched alkanes of at least 4 members (excludes halogenated alkanes) is 4. The summed E-state index contributed by atoms with van der Waals surface area (Å²) in [5, 5.41) is 0. The Morgan fingerprint density at radius 2 is 1.81 bits per heavy atom. The van der Waals surface area contributed by atoms with E-state index in [2.05, 4.69) is 6.92 Å². The summed E-state index contributed by atoms with van der Waals surface area (Å²) in [4.78, 5) is 12.1. The molecule has 152 valence electrons. The van der Waals surface area contributed by atoms with Crippen LogP contribution in [-0.2, 0) is 26.7 Å². The van der Waals surface area contributed by atoms with Gasteiger partial charge in [-0.05, 0) is 30.4 Å². The van der Waals surface area contributed by atoms with Gasteiger partial charge in [0.15, 0.2) is 0 Å². The van der Waals surface area contributed by atoms with E-state index in [0.29, 0.717) is 6.42 Å². The second-order valence-electron chi connectivity index (χ2n) is 7.19. The first-order valence-electron chi connectivity index (χ1n) is 9.33. The lowest BCUT2D eigenvalue weighted by atomic mass is 10.1. The van der Waals surface area contributed by atoms with Crippen molar-refractivity contribution >= 4 is 15.9 Å². The van der Waals surface area contributed by atoms with Crippen LogP contribution in [0.5, 0.6) is 0 Å². The highest BCUT2D eigenvalue weighted by Crippen LogP contribution is 2.42. The van der Waals surface area contributed by atoms with Crippen LogP contribution in [0.25, 0.3) is 0 Å². The quantitative estimate of drug-likeness (QED) is 0.577. The molecule has 1 N–H and O–H groups in total. The molecule has 8 heteroatoms. The molecular formula is C19H26F3NO3S. The maximum absolute atomic E-state index is 13.0. The van der Waals surface area contributed by atoms with Gasteiger partial charge in [0.2, 0.25) is 15.9 Å². The van der Waals surface area contributed by atoms with Gasteiger partial charge in [0.05, 0.1) is 11.3 Å². The number of carbonyl (C=O) groups excluding carboxylic acids is 1. The number of hydrogen-bond donors (Lipinski definition) is 1. The van der Waals surface area contributed by atoms with E-state index in [1.807, 2.05) is 4.72 Å². The molecule has 27 heavy (non-hydrogen) atoms. The molecule has 1 aliphatic rings. The zero-order chi connectivity index (χ0) is 20.1. The van der Waals surface area contributed by atoms with Gasteiger partial charge in [-0.1, -0.05) is 57.2 Å². The fraction of sp³-hybridized carbons (Fsp3) is 0.632. The average molecular weight is 405 g/mol. The molecule has 2 unspecified atom stereocenters. The number of halogens is 3. The topological polar surface area (TPSA) is 63.2 Å². The summed E-state index contributed by atoms with van der Waals surface area (Å²) < 4.78 is 65.2. The van der Waals surface area contributed by atoms with Gasteiger partial charge in [0.1, 0.15) is 0 Å². The molecule has 1 aliphatic carbocycles. The van der Waals surface area contributed by atoms with Crippen LogP contribution in [0.15, 0.2) is 24.3 Å². The normalized spacial score (nSPS) is 19.7. The highest BCUT2D eigenvalue weighted by atomic mass is 32.2. The molecule has 2 atom stereocenters. The van der Waals surface area contributed by atoms with E-state index < -0.39 is 33.4 Å². The summed E-state index contributed by atoms with van der Waals surface area (Å²) in [6, 6.07) is 4.50. The lowest BCUT2D eigenvalue weighted by Gasteiger charge is -2.13. The summed E-state index contributed by atoms with van der Waals surface area (Å²) in [7, 11) is -4.18. The van der Waals surface area contributed by atoms with Crippen LogP contribution < -0.4 is 4.72 Å². The van der Waals surface area contributed by atoms with Crippen LogP contribution in [-0.4, -0.2) is 14.3 Å². The summed E-state index contributed by atoms with van der Waals surface area (Å²) in [5.74, 6) is -1.63. The number of carbonyl (C=O) groups is 1. The van der Waals surface area contributed by atoms with Crippen molar-refractivity contribution in [2.75, 3.05) is 0 Å². The highest BCUT2D eigenvalue weighted by Gasteiger charge is 2.43. The molecule has 0 aromatic heterocycles. The Kier molecular flexibility index (Phi) is 7.31. The molecule has 4 nitrogen and oxygen atoms in total. The molecule has 0 bridgehead atoms. The lowest BCUT2D eigenvalue weighted by Crippen LogP contribution is -2.33. The van der Waals surface area contributed by atoms with Crippen LogP contribution in [0.1, 0.15) is 63.0 Å². The van der Waals surface area contributed by atoms with Gasteiger partial charge in [0.25, 0.3) is 0 Å². The van der Waals surface area contributed by atoms with E-state index in [-0.39, 0.29) is 17.4 Å². The molecule has 1 aromatic rings. The molecule has 0 saturated heterocycles. The van der Waals surface area contributed by atoms with Crippen molar-refractivity contribution in [1.29, 1.82) is 0 Å². The summed E-state index contributed by atoms with van der Waals surface area (Å²) in [5.41, 5.74) is -1.37. The predicted octanol–water partition coefficient (Wildman–Crippen LogP) is 4.65. The van der Waals surface area contributed by atoms with E-state index in [1.165, 1.54) is 18.6 Å². The first-order chi connectivity index (χ1) is 12.6. The largest absolute Gasteiger partial charge is 0.416 e. The molecular weight excluding hydrogens is 379 g/mol. The van der Waals surface area contributed by atoms with Crippen molar-refractivity contribution in [2.45, 2.75) is 63.8 Å². The Balaban J connectivity index is 1.86. The maximum atomic E-state index is 13.0. The number of benzene rings is 1. The second kappa shape index (κ2) is 9.08. The number of amides is 1. The van der Waals surface area contributed by atoms with Gasteiger partial charge >= 0.3 is 6.18 Å². The number of nitrogens with one attached hydrogen (secondary N) is 1. The van der Waals surface area contributed by atoms with Gasteiger partial charge in [-0.2, -0.15) is 13.2 Å². The third kappa shape index (κ3) is 6.83. The summed E-state index contributed by atoms with van der Waals surface area (Å²) >= 11 is 0. The third-order valence-corrected chi connectivity index (χ3v) is 6.07. The monoisotopic (exact) mass is 405 g/mol. The zero-order valence-corrected chi connectivity index (χ0v) is 16.2. The van der Waals surface area contributed by atoms with Crippen LogP contribution in [0.4, 0.5) is 13.2 Å². The molecule has 0 aliphatic heterocycles. The van der Waals surface area contributed by atoms with Gasteiger partial charge < -0.3 is 0 Å². The van der Waals surface area contributed by atoms with Crippen molar-refractivity contribution in [2.24, 2.45) is 11.8 Å². The van der Waals surface area contributed by atoms with Crippen molar-refractivity contribution in [1.82, 2.24) is 4.72 Å². The predicted molar refractivity (Wildman–Crippen MR) is 97.2 cm³/mol. The van der Waals surface area contributed by atoms with E-state index >= 15 is 0 Å². The molecule has 1 aromatic carbocycles. The molecule has 0 spiro atoms. The average Bonchev–Trinajstić information content (AvgIpc) is 3.33. The minimum Gasteiger partial charge on any atom is -0.274 e. The van der Waals surface area contributed by atoms with Crippen LogP contribution in [0.3, 0.4) is 0 Å². The molecule has 1 fully saturated rings. The Hall–Kier alpha value is -1.57. The maximum Gasteiger partial charge on any atom is 0.416 e. The van der Waals surface area contributed by atoms with Crippen LogP contribution >= 0.6 is 0 Å². The fourth-order valence-corrected chi connectivity index (χ4v) is 4.48. The van der Waals surface area contributed by atoms with E-state index in [0.717, 1.165) is 44.2 Å². The number of alkyl halides is 3. The van der Waals surface area contributed by atoms with Gasteiger partial charge in [0, 0.05) is 5.92 Å². The van der Waals surface area contributed by atoms with Crippen molar-refractivity contribution in [3.05, 3.63) is 35.4 Å². The molecule has 1 amide bonds. The fourth-order valence-electron chi connectivity index (χ4n) is 3.29. The smallest absolute Gasteiger partial charge is 0.274 e. The zero-order valence-electron chi connectivity index (χ0n) is 15.4.